The molecular weight excluding hydrogens is 525 g/mol. The van der Waals surface area contributed by atoms with Crippen molar-refractivity contribution in [2.75, 3.05) is 14.2 Å². The van der Waals surface area contributed by atoms with E-state index in [1.807, 2.05) is 35.7 Å². The molecule has 4 rings (SSSR count). The summed E-state index contributed by atoms with van der Waals surface area (Å²) in [5.74, 6) is 1.57. The topological polar surface area (TPSA) is 51.8 Å². The second-order valence-corrected chi connectivity index (χ2v) is 9.17. The van der Waals surface area contributed by atoms with Crippen LogP contribution in [0.4, 0.5) is 13.2 Å². The van der Waals surface area contributed by atoms with E-state index in [4.69, 9.17) is 16.3 Å². The quantitative estimate of drug-likeness (QED) is 0.184. The molecule has 0 aliphatic rings. The van der Waals surface area contributed by atoms with Crippen LogP contribution >= 0.6 is 11.6 Å². The monoisotopic (exact) mass is 554 g/mol. The fourth-order valence-corrected chi connectivity index (χ4v) is 3.95. The Hall–Kier alpha value is -3.91. The smallest absolute Gasteiger partial charge is 0.432 e. The number of aromatic nitrogens is 3. The van der Waals surface area contributed by atoms with Gasteiger partial charge in [-0.25, -0.2) is 0 Å². The predicted molar refractivity (Wildman–Crippen MR) is 153 cm³/mol. The lowest BCUT2D eigenvalue weighted by molar-refractivity contribution is -0.0577. The van der Waals surface area contributed by atoms with Gasteiger partial charge in [-0.3, -0.25) is 9.39 Å². The average Bonchev–Trinajstić information content (AvgIpc) is 3.27. The van der Waals surface area contributed by atoms with Crippen LogP contribution in [0.2, 0.25) is 5.02 Å². The second kappa shape index (κ2) is 12.8. The highest BCUT2D eigenvalue weighted by Gasteiger charge is 2.32. The molecule has 5 nitrogen and oxygen atoms in total. The number of benzene rings is 2. The average molecular weight is 555 g/mol. The van der Waals surface area contributed by atoms with Crippen molar-refractivity contribution in [1.82, 2.24) is 14.6 Å². The number of fused-ring (bicyclic) bond motifs is 1. The number of hydrogen-bond acceptors (Lipinski definition) is 4. The van der Waals surface area contributed by atoms with E-state index in [0.29, 0.717) is 5.02 Å². The van der Waals surface area contributed by atoms with Crippen LogP contribution in [0.25, 0.3) is 27.9 Å². The molecule has 0 N–H and O–H groups in total. The molecule has 0 saturated heterocycles. The Bertz CT molecular complexity index is 1530. The Kier molecular flexibility index (Phi) is 9.70. The van der Waals surface area contributed by atoms with Gasteiger partial charge in [-0.05, 0) is 69.2 Å². The molecule has 0 fully saturated rings. The van der Waals surface area contributed by atoms with Gasteiger partial charge in [0.15, 0.2) is 5.65 Å². The van der Waals surface area contributed by atoms with Gasteiger partial charge in [0.05, 0.1) is 12.1 Å². The van der Waals surface area contributed by atoms with Crippen molar-refractivity contribution in [3.05, 3.63) is 94.9 Å². The minimum absolute atomic E-state index is 0.641. The van der Waals surface area contributed by atoms with E-state index in [1.165, 1.54) is 11.6 Å². The Balaban J connectivity index is 0.000000276. The number of nitrogens with zero attached hydrogens (tertiary/aromatic N) is 4. The van der Waals surface area contributed by atoms with Crippen LogP contribution < -0.4 is 4.74 Å². The zero-order valence-electron chi connectivity index (χ0n) is 22.6. The van der Waals surface area contributed by atoms with E-state index in [-0.39, 0.29) is 0 Å². The van der Waals surface area contributed by atoms with Gasteiger partial charge in [-0.1, -0.05) is 59.2 Å². The van der Waals surface area contributed by atoms with Gasteiger partial charge in [0.1, 0.15) is 17.3 Å². The third-order valence-corrected chi connectivity index (χ3v) is 6.35. The van der Waals surface area contributed by atoms with Gasteiger partial charge in [0.2, 0.25) is 0 Å². The fraction of sp³-hybridized carbons (Fsp3) is 0.233. The molecule has 0 aliphatic heterocycles. The number of ether oxygens (including phenoxy) is 1. The molecule has 4 aromatic rings. The van der Waals surface area contributed by atoms with E-state index in [9.17, 15) is 13.2 Å². The minimum atomic E-state index is -4.36. The summed E-state index contributed by atoms with van der Waals surface area (Å²) in [6.07, 6.45) is 1.76. The normalized spacial score (nSPS) is 12.6. The zero-order chi connectivity index (χ0) is 28.7. The fourth-order valence-electron chi connectivity index (χ4n) is 3.68. The first-order chi connectivity index (χ1) is 18.5. The van der Waals surface area contributed by atoms with Crippen LogP contribution in [0.5, 0.6) is 5.75 Å². The summed E-state index contributed by atoms with van der Waals surface area (Å²) >= 11 is 6.57. The highest BCUT2D eigenvalue weighted by Crippen LogP contribution is 2.38. The first-order valence-corrected chi connectivity index (χ1v) is 12.5. The van der Waals surface area contributed by atoms with Crippen LogP contribution in [-0.2, 0) is 0 Å². The molecule has 0 amide bonds. The maximum absolute atomic E-state index is 12.1. The molecule has 39 heavy (non-hydrogen) atoms. The van der Waals surface area contributed by atoms with Crippen LogP contribution in [0.3, 0.4) is 0 Å². The number of methoxy groups -OCH3 is 1. The van der Waals surface area contributed by atoms with Gasteiger partial charge in [0.25, 0.3) is 0 Å². The number of aliphatic imine (C=N–C) groups is 1. The number of hydrogen-bond donors (Lipinski definition) is 0. The lowest BCUT2D eigenvalue weighted by atomic mass is 9.95. The number of allylic oxidation sites excluding steroid dienone is 4. The van der Waals surface area contributed by atoms with E-state index in [1.54, 1.807) is 27.0 Å². The molecule has 0 atom stereocenters. The zero-order valence-corrected chi connectivity index (χ0v) is 23.4. The number of alkyl halides is 3. The van der Waals surface area contributed by atoms with E-state index in [2.05, 4.69) is 52.4 Å². The predicted octanol–water partition coefficient (Wildman–Crippen LogP) is 8.48. The molecule has 9 heteroatoms. The first kappa shape index (κ1) is 29.6. The minimum Gasteiger partial charge on any atom is -0.497 e. The van der Waals surface area contributed by atoms with Gasteiger partial charge < -0.3 is 4.74 Å². The van der Waals surface area contributed by atoms with Crippen LogP contribution in [0.15, 0.2) is 83.5 Å². The molecule has 2 heterocycles. The third-order valence-electron chi connectivity index (χ3n) is 6.03. The van der Waals surface area contributed by atoms with Crippen molar-refractivity contribution in [3.8, 4) is 28.0 Å². The number of aryl methyl sites for hydroxylation is 2. The lowest BCUT2D eigenvalue weighted by Crippen LogP contribution is -2.20. The van der Waals surface area contributed by atoms with Gasteiger partial charge in [-0.2, -0.15) is 13.2 Å². The number of rotatable bonds is 5. The molecule has 0 saturated carbocycles. The number of halogens is 4. The van der Waals surface area contributed by atoms with Crippen LogP contribution in [0.1, 0.15) is 25.2 Å². The summed E-state index contributed by atoms with van der Waals surface area (Å²) in [6, 6.07) is 16.2. The maximum atomic E-state index is 12.1. The first-order valence-electron chi connectivity index (χ1n) is 12.1. The molecule has 0 spiro atoms. The van der Waals surface area contributed by atoms with E-state index < -0.39 is 11.9 Å². The van der Waals surface area contributed by atoms with Crippen LogP contribution in [-0.4, -0.2) is 40.6 Å². The van der Waals surface area contributed by atoms with Crippen LogP contribution in [0, 0.1) is 13.8 Å². The maximum Gasteiger partial charge on any atom is 0.432 e. The van der Waals surface area contributed by atoms with Crippen molar-refractivity contribution >= 4 is 23.0 Å². The SMILES string of the molecule is C/C=C(C)/C=C\C(=NC)C(F)(F)F.COc1ccc(-c2cn3c(C)nnc3cc2-c2ccc(C)cc2)c(Cl)c1. The Labute approximate surface area is 231 Å². The molecule has 204 valence electrons. The van der Waals surface area contributed by atoms with Crippen molar-refractivity contribution in [2.24, 2.45) is 4.99 Å². The summed E-state index contributed by atoms with van der Waals surface area (Å²) in [5.41, 5.74) is 6.08. The second-order valence-electron chi connectivity index (χ2n) is 8.76. The van der Waals surface area contributed by atoms with Crippen molar-refractivity contribution < 1.29 is 17.9 Å². The van der Waals surface area contributed by atoms with E-state index >= 15 is 0 Å². The highest BCUT2D eigenvalue weighted by atomic mass is 35.5. The summed E-state index contributed by atoms with van der Waals surface area (Å²) in [5, 5.41) is 9.10. The van der Waals surface area contributed by atoms with Gasteiger partial charge >= 0.3 is 6.18 Å². The summed E-state index contributed by atoms with van der Waals surface area (Å²) < 4.78 is 43.5. The number of pyridine rings is 1. The molecular formula is C30H30ClF3N4O. The molecule has 2 aromatic heterocycles. The summed E-state index contributed by atoms with van der Waals surface area (Å²) in [7, 11) is 2.76. The third kappa shape index (κ3) is 7.35. The van der Waals surface area contributed by atoms with Crippen molar-refractivity contribution in [3.63, 3.8) is 0 Å². The molecule has 0 bridgehead atoms. The Morgan fingerprint density at radius 2 is 1.67 bits per heavy atom. The standard InChI is InChI=1S/C21H18ClN3O.C9H12F3N/c1-13-4-6-15(7-5-13)18-11-21-24-23-14(2)25(21)12-19(18)17-9-8-16(26-3)10-20(17)22;1-4-7(2)5-6-8(13-3)9(10,11)12/h4-12H,1-3H3;4-6H,1-3H3/b;6-5-,7-4+,13-8?. The molecule has 0 unspecified atom stereocenters. The largest absolute Gasteiger partial charge is 0.497 e. The van der Waals surface area contributed by atoms with Crippen molar-refractivity contribution in [1.29, 1.82) is 0 Å². The van der Waals surface area contributed by atoms with Crippen molar-refractivity contribution in [2.45, 2.75) is 33.9 Å². The molecule has 0 radical (unpaired) electrons. The molecule has 0 aliphatic carbocycles. The Morgan fingerprint density at radius 3 is 2.23 bits per heavy atom. The van der Waals surface area contributed by atoms with Gasteiger partial charge in [0, 0.05) is 24.4 Å². The molecule has 2 aromatic carbocycles. The Morgan fingerprint density at radius 1 is 0.974 bits per heavy atom. The summed E-state index contributed by atoms with van der Waals surface area (Å²) in [4.78, 5) is 3.14. The van der Waals surface area contributed by atoms with Gasteiger partial charge in [-0.15, -0.1) is 10.2 Å². The summed E-state index contributed by atoms with van der Waals surface area (Å²) in [6.45, 7) is 7.50. The lowest BCUT2D eigenvalue weighted by Gasteiger charge is -2.14. The highest BCUT2D eigenvalue weighted by molar-refractivity contribution is 6.33. The van der Waals surface area contributed by atoms with E-state index in [0.717, 1.165) is 58.2 Å².